The molecule has 39 heavy (non-hydrogen) atoms. The average Bonchev–Trinajstić information content (AvgIpc) is 3.47. The fourth-order valence-corrected chi connectivity index (χ4v) is 4.88. The molecule has 10 heteroatoms. The van der Waals surface area contributed by atoms with Gasteiger partial charge < -0.3 is 25.4 Å². The molecule has 10 nitrogen and oxygen atoms in total. The van der Waals surface area contributed by atoms with Crippen LogP contribution in [0.3, 0.4) is 0 Å². The maximum absolute atomic E-state index is 13.8. The summed E-state index contributed by atoms with van der Waals surface area (Å²) >= 11 is 0. The van der Waals surface area contributed by atoms with Crippen LogP contribution in [0.2, 0.25) is 0 Å². The molecular formula is C29H51N3O7. The Labute approximate surface area is 234 Å². The predicted octanol–water partition coefficient (Wildman–Crippen LogP) is 2.25. The second-order valence-electron chi connectivity index (χ2n) is 11.9. The monoisotopic (exact) mass is 553 g/mol. The van der Waals surface area contributed by atoms with Gasteiger partial charge in [0.1, 0.15) is 12.0 Å². The van der Waals surface area contributed by atoms with Gasteiger partial charge in [0.15, 0.2) is 17.2 Å². The van der Waals surface area contributed by atoms with Gasteiger partial charge in [0.05, 0.1) is 24.3 Å². The van der Waals surface area contributed by atoms with Crippen molar-refractivity contribution in [1.82, 2.24) is 15.5 Å². The van der Waals surface area contributed by atoms with E-state index in [0.717, 1.165) is 0 Å². The Morgan fingerprint density at radius 2 is 1.46 bits per heavy atom. The molecule has 1 fully saturated rings. The van der Waals surface area contributed by atoms with Crippen molar-refractivity contribution in [2.75, 3.05) is 7.05 Å². The first-order valence-corrected chi connectivity index (χ1v) is 14.2. The molecule has 0 bridgehead atoms. The normalized spacial score (nSPS) is 24.0. The first-order valence-electron chi connectivity index (χ1n) is 14.2. The van der Waals surface area contributed by atoms with Crippen molar-refractivity contribution in [3.8, 4) is 0 Å². The summed E-state index contributed by atoms with van der Waals surface area (Å²) in [5.74, 6) is -4.45. The molecular weight excluding hydrogens is 502 g/mol. The van der Waals surface area contributed by atoms with Crippen LogP contribution in [-0.2, 0) is 28.7 Å². The van der Waals surface area contributed by atoms with E-state index in [9.17, 15) is 29.1 Å². The Kier molecular flexibility index (Phi) is 12.8. The van der Waals surface area contributed by atoms with Crippen molar-refractivity contribution >= 4 is 29.3 Å². The number of ketones is 2. The SMILES string of the molecule is CC[C@H](C)[C@H](NC(=O)[C@H]([C@@H](C)CC)N(C)C(C)=O)C(=O)[C@@H](C(=O)N[C@H](CC(C)C)C(=O)[C@]1(C)O[C@@H]1C)[C@@H](C)O. The molecule has 1 rings (SSSR count). The number of likely N-dealkylation sites (N-methyl/N-ethyl adjacent to an activating group) is 1. The van der Waals surface area contributed by atoms with E-state index in [1.807, 2.05) is 34.6 Å². The zero-order valence-electron chi connectivity index (χ0n) is 25.7. The lowest BCUT2D eigenvalue weighted by Gasteiger charge is -2.34. The van der Waals surface area contributed by atoms with Crippen molar-refractivity contribution in [1.29, 1.82) is 0 Å². The maximum Gasteiger partial charge on any atom is 0.243 e. The van der Waals surface area contributed by atoms with Gasteiger partial charge in [0.2, 0.25) is 17.7 Å². The number of aliphatic hydroxyl groups excluding tert-OH is 1. The van der Waals surface area contributed by atoms with Crippen molar-refractivity contribution in [2.45, 2.75) is 124 Å². The van der Waals surface area contributed by atoms with Gasteiger partial charge in [-0.15, -0.1) is 0 Å². The number of nitrogens with zero attached hydrogens (tertiary/aromatic N) is 1. The number of nitrogens with one attached hydrogen (secondary N) is 2. The largest absolute Gasteiger partial charge is 0.392 e. The summed E-state index contributed by atoms with van der Waals surface area (Å²) in [6.45, 7) is 17.4. The van der Waals surface area contributed by atoms with Crippen LogP contribution in [0.4, 0.5) is 0 Å². The van der Waals surface area contributed by atoms with Crippen LogP contribution in [0.25, 0.3) is 0 Å². The number of hydrogen-bond donors (Lipinski definition) is 3. The first-order chi connectivity index (χ1) is 17.9. The molecule has 1 aliphatic heterocycles. The first kappa shape index (κ1) is 34.7. The Morgan fingerprint density at radius 1 is 0.949 bits per heavy atom. The minimum absolute atomic E-state index is 0.0699. The van der Waals surface area contributed by atoms with Crippen LogP contribution in [-0.4, -0.2) is 82.3 Å². The number of ether oxygens (including phenoxy) is 1. The fraction of sp³-hybridized carbons (Fsp3) is 0.828. The number of hydrogen-bond acceptors (Lipinski definition) is 7. The number of Topliss-reactive ketones (excluding diaryl/α,β-unsaturated/α-hetero) is 2. The minimum atomic E-state index is -1.51. The van der Waals surface area contributed by atoms with Gasteiger partial charge in [-0.3, -0.25) is 24.0 Å². The summed E-state index contributed by atoms with van der Waals surface area (Å²) in [4.78, 5) is 67.4. The summed E-state index contributed by atoms with van der Waals surface area (Å²) < 4.78 is 5.49. The van der Waals surface area contributed by atoms with Gasteiger partial charge >= 0.3 is 0 Å². The molecule has 0 aromatic heterocycles. The van der Waals surface area contributed by atoms with E-state index in [1.165, 1.54) is 18.7 Å². The van der Waals surface area contributed by atoms with Crippen molar-refractivity contribution in [3.05, 3.63) is 0 Å². The van der Waals surface area contributed by atoms with E-state index in [4.69, 9.17) is 4.74 Å². The van der Waals surface area contributed by atoms with Gasteiger partial charge in [-0.25, -0.2) is 0 Å². The zero-order valence-corrected chi connectivity index (χ0v) is 25.7. The number of epoxide rings is 1. The summed E-state index contributed by atoms with van der Waals surface area (Å²) in [5, 5.41) is 16.1. The van der Waals surface area contributed by atoms with Crippen molar-refractivity contribution < 1.29 is 33.8 Å². The van der Waals surface area contributed by atoms with Crippen molar-refractivity contribution in [3.63, 3.8) is 0 Å². The highest BCUT2D eigenvalue weighted by atomic mass is 16.6. The second-order valence-corrected chi connectivity index (χ2v) is 11.9. The summed E-state index contributed by atoms with van der Waals surface area (Å²) in [5.41, 5.74) is -1.00. The van der Waals surface area contributed by atoms with Crippen LogP contribution in [0.1, 0.15) is 88.5 Å². The van der Waals surface area contributed by atoms with E-state index >= 15 is 0 Å². The smallest absolute Gasteiger partial charge is 0.243 e. The maximum atomic E-state index is 13.8. The van der Waals surface area contributed by atoms with Crippen molar-refractivity contribution in [2.24, 2.45) is 23.7 Å². The van der Waals surface area contributed by atoms with Crippen LogP contribution in [0, 0.1) is 23.7 Å². The van der Waals surface area contributed by atoms with E-state index in [1.54, 1.807) is 27.8 Å². The van der Waals surface area contributed by atoms with Crippen LogP contribution in [0.5, 0.6) is 0 Å². The Balaban J connectivity index is 3.30. The average molecular weight is 554 g/mol. The van der Waals surface area contributed by atoms with Crippen LogP contribution < -0.4 is 10.6 Å². The van der Waals surface area contributed by atoms with E-state index in [0.29, 0.717) is 19.3 Å². The lowest BCUT2D eigenvalue weighted by atomic mass is 9.84. The molecule has 0 aromatic carbocycles. The molecule has 0 aliphatic carbocycles. The minimum Gasteiger partial charge on any atom is -0.392 e. The Hall–Kier alpha value is -2.33. The summed E-state index contributed by atoms with van der Waals surface area (Å²) in [6, 6.07) is -2.78. The molecule has 0 unspecified atom stereocenters. The highest BCUT2D eigenvalue weighted by Gasteiger charge is 2.57. The van der Waals surface area contributed by atoms with Gasteiger partial charge in [-0.1, -0.05) is 54.4 Å². The number of carbonyl (C=O) groups excluding carboxylic acids is 5. The zero-order chi connectivity index (χ0) is 30.4. The molecule has 224 valence electrons. The number of rotatable bonds is 16. The molecule has 0 spiro atoms. The third-order valence-electron chi connectivity index (χ3n) is 8.22. The summed E-state index contributed by atoms with van der Waals surface area (Å²) in [6.07, 6.45) is -0.155. The second kappa shape index (κ2) is 14.3. The topological polar surface area (TPSA) is 145 Å². The number of amides is 3. The lowest BCUT2D eigenvalue weighted by molar-refractivity contribution is -0.145. The van der Waals surface area contributed by atoms with Gasteiger partial charge in [0.25, 0.3) is 0 Å². The van der Waals surface area contributed by atoms with Gasteiger partial charge in [-0.2, -0.15) is 0 Å². The molecule has 0 aromatic rings. The molecule has 1 heterocycles. The molecule has 1 saturated heterocycles. The Morgan fingerprint density at radius 3 is 1.85 bits per heavy atom. The van der Waals surface area contributed by atoms with Crippen LogP contribution >= 0.6 is 0 Å². The lowest BCUT2D eigenvalue weighted by Crippen LogP contribution is -2.59. The predicted molar refractivity (Wildman–Crippen MR) is 149 cm³/mol. The van der Waals surface area contributed by atoms with E-state index in [-0.39, 0.29) is 35.5 Å². The van der Waals surface area contributed by atoms with Gasteiger partial charge in [-0.05, 0) is 44.9 Å². The molecule has 3 N–H and O–H groups in total. The van der Waals surface area contributed by atoms with E-state index in [2.05, 4.69) is 10.6 Å². The third kappa shape index (κ3) is 8.58. The third-order valence-corrected chi connectivity index (χ3v) is 8.22. The van der Waals surface area contributed by atoms with Gasteiger partial charge in [0, 0.05) is 14.0 Å². The quantitative estimate of drug-likeness (QED) is 0.196. The number of aliphatic hydroxyl groups is 1. The molecule has 1 aliphatic rings. The number of carbonyl (C=O) groups is 5. The van der Waals surface area contributed by atoms with Crippen LogP contribution in [0.15, 0.2) is 0 Å². The Bertz CT molecular complexity index is 905. The standard InChI is InChI=1S/C29H51N3O7/c1-12-16(5)23(31-28(38)24(17(6)13-2)32(11)20(9)34)25(35)22(18(7)33)27(37)30-21(14-15(3)4)26(36)29(10)19(8)39-29/h15-19,21-24,33H,12-14H2,1-11H3,(H,30,37)(H,31,38)/t16-,17-,18+,19+,21+,22-,23-,24-,29+/m0/s1. The molecule has 3 amide bonds. The summed E-state index contributed by atoms with van der Waals surface area (Å²) in [7, 11) is 1.54. The van der Waals surface area contributed by atoms with E-state index < -0.39 is 53.3 Å². The molecule has 9 atom stereocenters. The molecule has 0 saturated carbocycles. The highest BCUT2D eigenvalue weighted by Crippen LogP contribution is 2.38. The molecule has 0 radical (unpaired) electrons. The highest BCUT2D eigenvalue weighted by molar-refractivity contribution is 6.07. The fourth-order valence-electron chi connectivity index (χ4n) is 4.88.